The molecule has 0 bridgehead atoms. The second-order valence-electron chi connectivity index (χ2n) is 5.37. The smallest absolute Gasteiger partial charge is 0.123 e. The molecule has 1 atom stereocenters. The van der Waals surface area contributed by atoms with Gasteiger partial charge in [0.05, 0.1) is 6.04 Å². The first kappa shape index (κ1) is 13.0. The molecule has 102 valence electrons. The maximum absolute atomic E-state index is 13.3. The summed E-state index contributed by atoms with van der Waals surface area (Å²) in [7, 11) is 0. The van der Waals surface area contributed by atoms with E-state index in [1.165, 1.54) is 16.8 Å². The van der Waals surface area contributed by atoms with Crippen molar-refractivity contribution in [3.05, 3.63) is 71.0 Å². The number of aliphatic imine (C=N–C) groups is 1. The molecule has 0 fully saturated rings. The van der Waals surface area contributed by atoms with Gasteiger partial charge >= 0.3 is 0 Å². The van der Waals surface area contributed by atoms with E-state index in [-0.39, 0.29) is 11.9 Å². The lowest BCUT2D eigenvalue weighted by atomic mass is 9.90. The zero-order valence-corrected chi connectivity index (χ0v) is 11.6. The fourth-order valence-electron chi connectivity index (χ4n) is 2.78. The first-order valence-electron chi connectivity index (χ1n) is 7.10. The first-order chi connectivity index (χ1) is 9.72. The maximum Gasteiger partial charge on any atom is 0.123 e. The molecular formula is C18H18FN. The van der Waals surface area contributed by atoms with Gasteiger partial charge in [-0.3, -0.25) is 4.99 Å². The molecule has 20 heavy (non-hydrogen) atoms. The maximum atomic E-state index is 13.3. The normalized spacial score (nSPS) is 17.8. The van der Waals surface area contributed by atoms with Crippen LogP contribution >= 0.6 is 0 Å². The minimum absolute atomic E-state index is 0.152. The molecule has 2 aromatic carbocycles. The molecule has 0 saturated carbocycles. The number of halogens is 1. The average Bonchev–Trinajstić information content (AvgIpc) is 2.47. The lowest BCUT2D eigenvalue weighted by Gasteiger charge is -2.19. The summed E-state index contributed by atoms with van der Waals surface area (Å²) in [6.45, 7) is 2.11. The highest BCUT2D eigenvalue weighted by molar-refractivity contribution is 5.88. The molecule has 0 aromatic heterocycles. The van der Waals surface area contributed by atoms with Crippen LogP contribution in [-0.2, 0) is 12.8 Å². The van der Waals surface area contributed by atoms with E-state index in [1.807, 2.05) is 24.3 Å². The fourth-order valence-corrected chi connectivity index (χ4v) is 2.78. The Balaban J connectivity index is 1.81. The van der Waals surface area contributed by atoms with Crippen LogP contribution in [0.4, 0.5) is 4.39 Å². The van der Waals surface area contributed by atoms with Crippen molar-refractivity contribution in [1.82, 2.24) is 0 Å². The van der Waals surface area contributed by atoms with E-state index in [0.717, 1.165) is 24.8 Å². The van der Waals surface area contributed by atoms with Gasteiger partial charge in [-0.15, -0.1) is 0 Å². The van der Waals surface area contributed by atoms with E-state index >= 15 is 0 Å². The van der Waals surface area contributed by atoms with Crippen molar-refractivity contribution in [3.63, 3.8) is 0 Å². The van der Waals surface area contributed by atoms with Crippen LogP contribution in [0.3, 0.4) is 0 Å². The van der Waals surface area contributed by atoms with Crippen LogP contribution in [0.25, 0.3) is 0 Å². The molecular weight excluding hydrogens is 249 g/mol. The Labute approximate surface area is 119 Å². The number of fused-ring (bicyclic) bond motifs is 1. The molecule has 0 heterocycles. The van der Waals surface area contributed by atoms with Crippen molar-refractivity contribution in [2.24, 2.45) is 4.99 Å². The van der Waals surface area contributed by atoms with Crippen LogP contribution in [0.1, 0.15) is 36.1 Å². The summed E-state index contributed by atoms with van der Waals surface area (Å²) < 4.78 is 13.3. The SMILES string of the molecule is CC(N=C1CCc2ccc(F)cc2C1)c1ccccc1. The number of hydrogen-bond acceptors (Lipinski definition) is 1. The molecule has 2 heteroatoms. The number of hydrogen-bond donors (Lipinski definition) is 0. The summed E-state index contributed by atoms with van der Waals surface area (Å²) >= 11 is 0. The lowest BCUT2D eigenvalue weighted by molar-refractivity contribution is 0.624. The van der Waals surface area contributed by atoms with Gasteiger partial charge in [0, 0.05) is 12.1 Å². The topological polar surface area (TPSA) is 12.4 Å². The van der Waals surface area contributed by atoms with E-state index in [9.17, 15) is 4.39 Å². The second-order valence-corrected chi connectivity index (χ2v) is 5.37. The number of nitrogens with zero attached hydrogens (tertiary/aromatic N) is 1. The van der Waals surface area contributed by atoms with E-state index in [2.05, 4.69) is 19.1 Å². The Bertz CT molecular complexity index is 631. The molecule has 1 nitrogen and oxygen atoms in total. The van der Waals surface area contributed by atoms with Gasteiger partial charge in [0.25, 0.3) is 0 Å². The van der Waals surface area contributed by atoms with Crippen LogP contribution in [-0.4, -0.2) is 5.71 Å². The molecule has 0 N–H and O–H groups in total. The van der Waals surface area contributed by atoms with E-state index in [4.69, 9.17) is 4.99 Å². The third kappa shape index (κ3) is 2.79. The van der Waals surface area contributed by atoms with Crippen LogP contribution in [0, 0.1) is 5.82 Å². The second kappa shape index (κ2) is 5.58. The Morgan fingerprint density at radius 1 is 1.00 bits per heavy atom. The predicted octanol–water partition coefficient (Wildman–Crippen LogP) is 4.52. The molecule has 1 aliphatic carbocycles. The molecule has 0 aliphatic heterocycles. The van der Waals surface area contributed by atoms with Gasteiger partial charge < -0.3 is 0 Å². The largest absolute Gasteiger partial charge is 0.286 e. The van der Waals surface area contributed by atoms with Crippen LogP contribution in [0.5, 0.6) is 0 Å². The molecule has 1 unspecified atom stereocenters. The molecule has 0 saturated heterocycles. The lowest BCUT2D eigenvalue weighted by Crippen LogP contribution is -2.15. The highest BCUT2D eigenvalue weighted by atomic mass is 19.1. The highest BCUT2D eigenvalue weighted by Gasteiger charge is 2.15. The Morgan fingerprint density at radius 2 is 1.80 bits per heavy atom. The van der Waals surface area contributed by atoms with Crippen molar-refractivity contribution in [2.75, 3.05) is 0 Å². The van der Waals surface area contributed by atoms with Gasteiger partial charge in [0.1, 0.15) is 5.82 Å². The monoisotopic (exact) mass is 267 g/mol. The van der Waals surface area contributed by atoms with Crippen LogP contribution in [0.15, 0.2) is 53.5 Å². The highest BCUT2D eigenvalue weighted by Crippen LogP contribution is 2.23. The van der Waals surface area contributed by atoms with Gasteiger partial charge in [-0.2, -0.15) is 0 Å². The summed E-state index contributed by atoms with van der Waals surface area (Å²) in [6.07, 6.45) is 2.73. The third-order valence-electron chi connectivity index (χ3n) is 3.90. The van der Waals surface area contributed by atoms with Gasteiger partial charge in [-0.25, -0.2) is 4.39 Å². The van der Waals surface area contributed by atoms with Crippen molar-refractivity contribution in [3.8, 4) is 0 Å². The van der Waals surface area contributed by atoms with Crippen molar-refractivity contribution >= 4 is 5.71 Å². The predicted molar refractivity (Wildman–Crippen MR) is 80.7 cm³/mol. The average molecular weight is 267 g/mol. The minimum atomic E-state index is -0.152. The summed E-state index contributed by atoms with van der Waals surface area (Å²) in [5, 5.41) is 0. The quantitative estimate of drug-likeness (QED) is 0.758. The van der Waals surface area contributed by atoms with Crippen molar-refractivity contribution < 1.29 is 4.39 Å². The standard InChI is InChI=1S/C18H18FN/c1-13(14-5-3-2-4-6-14)20-18-10-8-15-7-9-17(19)11-16(15)12-18/h2-7,9,11,13H,8,10,12H2,1H3. The minimum Gasteiger partial charge on any atom is -0.286 e. The molecule has 0 radical (unpaired) electrons. The van der Waals surface area contributed by atoms with Crippen molar-refractivity contribution in [2.45, 2.75) is 32.2 Å². The summed E-state index contributed by atoms with van der Waals surface area (Å²) in [5.74, 6) is -0.152. The number of rotatable bonds is 2. The Hall–Kier alpha value is -1.96. The first-order valence-corrected chi connectivity index (χ1v) is 7.10. The van der Waals surface area contributed by atoms with Crippen LogP contribution < -0.4 is 0 Å². The number of benzene rings is 2. The third-order valence-corrected chi connectivity index (χ3v) is 3.90. The van der Waals surface area contributed by atoms with Crippen LogP contribution in [0.2, 0.25) is 0 Å². The van der Waals surface area contributed by atoms with Crippen molar-refractivity contribution in [1.29, 1.82) is 0 Å². The summed E-state index contributed by atoms with van der Waals surface area (Å²) in [5.41, 5.74) is 4.76. The van der Waals surface area contributed by atoms with E-state index in [1.54, 1.807) is 12.1 Å². The van der Waals surface area contributed by atoms with E-state index < -0.39 is 0 Å². The molecule has 3 rings (SSSR count). The molecule has 0 amide bonds. The molecule has 0 spiro atoms. The molecule has 2 aromatic rings. The fraction of sp³-hybridized carbons (Fsp3) is 0.278. The van der Waals surface area contributed by atoms with Gasteiger partial charge in [0.2, 0.25) is 0 Å². The van der Waals surface area contributed by atoms with Gasteiger partial charge in [-0.05, 0) is 48.6 Å². The van der Waals surface area contributed by atoms with E-state index in [0.29, 0.717) is 0 Å². The van der Waals surface area contributed by atoms with Gasteiger partial charge in [-0.1, -0.05) is 36.4 Å². The Morgan fingerprint density at radius 3 is 2.60 bits per heavy atom. The Kier molecular flexibility index (Phi) is 3.64. The summed E-state index contributed by atoms with van der Waals surface area (Å²) in [6, 6.07) is 15.6. The molecule has 1 aliphatic rings. The van der Waals surface area contributed by atoms with Gasteiger partial charge in [0.15, 0.2) is 0 Å². The summed E-state index contributed by atoms with van der Waals surface area (Å²) in [4.78, 5) is 4.83. The number of aryl methyl sites for hydroxylation is 1. The zero-order chi connectivity index (χ0) is 13.9. The zero-order valence-electron chi connectivity index (χ0n) is 11.6.